The van der Waals surface area contributed by atoms with Gasteiger partial charge >= 0.3 is 0 Å². The van der Waals surface area contributed by atoms with E-state index in [1.165, 1.54) is 51.5 Å². The highest BCUT2D eigenvalue weighted by Crippen LogP contribution is 2.45. The van der Waals surface area contributed by atoms with E-state index in [0.717, 1.165) is 32.1 Å². The lowest BCUT2D eigenvalue weighted by Crippen LogP contribution is -2.47. The third-order valence-corrected chi connectivity index (χ3v) is 6.67. The van der Waals surface area contributed by atoms with Crippen molar-refractivity contribution in [2.45, 2.75) is 57.9 Å². The molecule has 3 fully saturated rings. The summed E-state index contributed by atoms with van der Waals surface area (Å²) in [6.45, 7) is 7.92. The number of hydrogen-bond donors (Lipinski definition) is 1. The Kier molecular flexibility index (Phi) is 8.65. The molecule has 1 unspecified atom stereocenters. The molecular formula is C20H38IN5O. The number of carbonyl (C=O) groups excluding carboxylic acids is 1. The molecule has 1 atom stereocenters. The van der Waals surface area contributed by atoms with Crippen molar-refractivity contribution >= 4 is 35.8 Å². The summed E-state index contributed by atoms with van der Waals surface area (Å²) >= 11 is 0. The maximum atomic E-state index is 12.0. The van der Waals surface area contributed by atoms with Gasteiger partial charge in [-0.05, 0) is 50.6 Å². The maximum absolute atomic E-state index is 12.0. The van der Waals surface area contributed by atoms with E-state index in [4.69, 9.17) is 4.99 Å². The van der Waals surface area contributed by atoms with Crippen LogP contribution in [-0.4, -0.2) is 86.0 Å². The maximum Gasteiger partial charge on any atom is 0.243 e. The van der Waals surface area contributed by atoms with Crippen LogP contribution in [-0.2, 0) is 4.79 Å². The van der Waals surface area contributed by atoms with Crippen molar-refractivity contribution in [1.82, 2.24) is 20.0 Å². The van der Waals surface area contributed by atoms with Gasteiger partial charge in [0.05, 0.1) is 0 Å². The Morgan fingerprint density at radius 2 is 1.93 bits per heavy atom. The second-order valence-corrected chi connectivity index (χ2v) is 8.61. The van der Waals surface area contributed by atoms with Crippen molar-refractivity contribution in [2.75, 3.05) is 53.4 Å². The number of halogens is 1. The molecule has 2 aliphatic heterocycles. The molecule has 0 bridgehead atoms. The molecule has 27 heavy (non-hydrogen) atoms. The van der Waals surface area contributed by atoms with Crippen LogP contribution in [0.25, 0.3) is 0 Å². The van der Waals surface area contributed by atoms with Gasteiger partial charge in [-0.25, -0.2) is 4.99 Å². The van der Waals surface area contributed by atoms with E-state index in [-0.39, 0.29) is 36.4 Å². The number of aliphatic imine (C=N–C) groups is 1. The number of guanidine groups is 1. The predicted octanol–water partition coefficient (Wildman–Crippen LogP) is 2.39. The first kappa shape index (κ1) is 22.7. The second kappa shape index (κ2) is 10.3. The molecule has 1 N–H and O–H groups in total. The van der Waals surface area contributed by atoms with E-state index in [0.29, 0.717) is 11.5 Å². The number of likely N-dealkylation sites (N-methyl/N-ethyl adjacent to an activating group) is 2. The lowest BCUT2D eigenvalue weighted by atomic mass is 9.86. The lowest BCUT2D eigenvalue weighted by Gasteiger charge is -2.28. The Bertz CT molecular complexity index is 519. The molecule has 7 heteroatoms. The highest BCUT2D eigenvalue weighted by molar-refractivity contribution is 14.0. The van der Waals surface area contributed by atoms with Crippen LogP contribution in [0.15, 0.2) is 4.99 Å². The van der Waals surface area contributed by atoms with Crippen LogP contribution in [0, 0.1) is 5.41 Å². The Balaban J connectivity index is 0.00000261. The minimum atomic E-state index is 0. The quantitative estimate of drug-likeness (QED) is 0.365. The van der Waals surface area contributed by atoms with Gasteiger partial charge in [-0.2, -0.15) is 0 Å². The number of nitrogens with one attached hydrogen (secondary N) is 1. The van der Waals surface area contributed by atoms with Crippen LogP contribution in [0.1, 0.15) is 51.9 Å². The molecule has 1 aliphatic carbocycles. The van der Waals surface area contributed by atoms with E-state index in [1.54, 1.807) is 19.0 Å². The molecule has 1 amide bonds. The van der Waals surface area contributed by atoms with Crippen LogP contribution in [0.2, 0.25) is 0 Å². The SMILES string of the molecule is CCN1CCCC1CNC(=NCC(=O)N(C)C)N1CCC2(CCCC2)C1.I. The molecular weight excluding hydrogens is 453 g/mol. The molecule has 0 aromatic heterocycles. The third kappa shape index (κ3) is 5.71. The summed E-state index contributed by atoms with van der Waals surface area (Å²) in [6.07, 6.45) is 9.30. The first-order valence-corrected chi connectivity index (χ1v) is 10.5. The van der Waals surface area contributed by atoms with E-state index in [1.807, 2.05) is 0 Å². The number of rotatable bonds is 5. The molecule has 2 heterocycles. The van der Waals surface area contributed by atoms with Crippen LogP contribution >= 0.6 is 24.0 Å². The first-order chi connectivity index (χ1) is 12.5. The minimum absolute atomic E-state index is 0. The van der Waals surface area contributed by atoms with Crippen molar-refractivity contribution in [3.63, 3.8) is 0 Å². The summed E-state index contributed by atoms with van der Waals surface area (Å²) in [6, 6.07) is 0.595. The zero-order valence-electron chi connectivity index (χ0n) is 17.4. The molecule has 0 radical (unpaired) electrons. The summed E-state index contributed by atoms with van der Waals surface area (Å²) in [4.78, 5) is 23.3. The van der Waals surface area contributed by atoms with Crippen molar-refractivity contribution in [3.8, 4) is 0 Å². The highest BCUT2D eigenvalue weighted by atomic mass is 127. The fourth-order valence-corrected chi connectivity index (χ4v) is 4.95. The zero-order chi connectivity index (χ0) is 18.6. The summed E-state index contributed by atoms with van der Waals surface area (Å²) in [5, 5.41) is 3.63. The largest absolute Gasteiger partial charge is 0.355 e. The summed E-state index contributed by atoms with van der Waals surface area (Å²) in [5.74, 6) is 1.02. The molecule has 2 saturated heterocycles. The van der Waals surface area contributed by atoms with Gasteiger partial charge in [0.1, 0.15) is 6.54 Å². The summed E-state index contributed by atoms with van der Waals surface area (Å²) in [5.41, 5.74) is 0.511. The molecule has 0 aromatic carbocycles. The molecule has 0 aromatic rings. The van der Waals surface area contributed by atoms with E-state index in [2.05, 4.69) is 22.0 Å². The number of amides is 1. The normalized spacial score (nSPS) is 25.1. The van der Waals surface area contributed by atoms with Crippen molar-refractivity contribution in [3.05, 3.63) is 0 Å². The van der Waals surface area contributed by atoms with Gasteiger partial charge in [0, 0.05) is 39.8 Å². The highest BCUT2D eigenvalue weighted by Gasteiger charge is 2.41. The van der Waals surface area contributed by atoms with E-state index in [9.17, 15) is 4.79 Å². The molecule has 3 rings (SSSR count). The van der Waals surface area contributed by atoms with E-state index >= 15 is 0 Å². The van der Waals surface area contributed by atoms with Gasteiger partial charge in [-0.15, -0.1) is 24.0 Å². The first-order valence-electron chi connectivity index (χ1n) is 10.5. The average molecular weight is 491 g/mol. The number of nitrogens with zero attached hydrogens (tertiary/aromatic N) is 4. The van der Waals surface area contributed by atoms with Crippen LogP contribution in [0.3, 0.4) is 0 Å². The Hall–Kier alpha value is -0.570. The standard InChI is InChI=1S/C20H37N5O.HI/c1-4-24-12-7-8-17(24)14-21-19(22-15-18(26)23(2)3)25-13-11-20(16-25)9-5-6-10-20;/h17H,4-16H2,1-3H3,(H,21,22);1H. The summed E-state index contributed by atoms with van der Waals surface area (Å²) < 4.78 is 0. The molecule has 3 aliphatic rings. The lowest BCUT2D eigenvalue weighted by molar-refractivity contribution is -0.127. The number of likely N-dealkylation sites (tertiary alicyclic amines) is 2. The monoisotopic (exact) mass is 491 g/mol. The van der Waals surface area contributed by atoms with Gasteiger partial charge in [0.25, 0.3) is 0 Å². The number of hydrogen-bond acceptors (Lipinski definition) is 3. The zero-order valence-corrected chi connectivity index (χ0v) is 19.7. The Labute approximate surface area is 182 Å². The fraction of sp³-hybridized carbons (Fsp3) is 0.900. The van der Waals surface area contributed by atoms with Crippen LogP contribution in [0.4, 0.5) is 0 Å². The third-order valence-electron chi connectivity index (χ3n) is 6.67. The summed E-state index contributed by atoms with van der Waals surface area (Å²) in [7, 11) is 3.60. The van der Waals surface area contributed by atoms with Gasteiger partial charge in [0.15, 0.2) is 5.96 Å². The predicted molar refractivity (Wildman–Crippen MR) is 122 cm³/mol. The second-order valence-electron chi connectivity index (χ2n) is 8.61. The van der Waals surface area contributed by atoms with Crippen LogP contribution in [0.5, 0.6) is 0 Å². The van der Waals surface area contributed by atoms with E-state index < -0.39 is 0 Å². The Morgan fingerprint density at radius 1 is 1.19 bits per heavy atom. The van der Waals surface area contributed by atoms with Crippen molar-refractivity contribution in [1.29, 1.82) is 0 Å². The minimum Gasteiger partial charge on any atom is -0.355 e. The van der Waals surface area contributed by atoms with Crippen molar-refractivity contribution < 1.29 is 4.79 Å². The molecule has 1 spiro atoms. The molecule has 1 saturated carbocycles. The van der Waals surface area contributed by atoms with Gasteiger partial charge in [-0.3, -0.25) is 9.69 Å². The number of carbonyl (C=O) groups is 1. The smallest absolute Gasteiger partial charge is 0.243 e. The molecule has 6 nitrogen and oxygen atoms in total. The fourth-order valence-electron chi connectivity index (χ4n) is 4.95. The van der Waals surface area contributed by atoms with Crippen molar-refractivity contribution in [2.24, 2.45) is 10.4 Å². The van der Waals surface area contributed by atoms with Gasteiger partial charge < -0.3 is 15.1 Å². The topological polar surface area (TPSA) is 51.2 Å². The Morgan fingerprint density at radius 3 is 2.59 bits per heavy atom. The average Bonchev–Trinajstić information content (AvgIpc) is 3.37. The van der Waals surface area contributed by atoms with Crippen LogP contribution < -0.4 is 5.32 Å². The van der Waals surface area contributed by atoms with Gasteiger partial charge in [-0.1, -0.05) is 19.8 Å². The van der Waals surface area contributed by atoms with Gasteiger partial charge in [0.2, 0.25) is 5.91 Å². The molecule has 156 valence electrons.